The van der Waals surface area contributed by atoms with Gasteiger partial charge in [0.15, 0.2) is 5.78 Å². The van der Waals surface area contributed by atoms with Crippen LogP contribution in [0.2, 0.25) is 0 Å². The molecule has 0 heterocycles. The summed E-state index contributed by atoms with van der Waals surface area (Å²) < 4.78 is 0. The Morgan fingerprint density at radius 3 is 2.87 bits per heavy atom. The van der Waals surface area contributed by atoms with Crippen LogP contribution in [0, 0.1) is 23.2 Å². The molecule has 3 heteroatoms. The number of fused-ring (bicyclic) bond motifs is 5. The fraction of sp³-hybridized carbons (Fsp3) is 0.650. The van der Waals surface area contributed by atoms with E-state index >= 15 is 0 Å². The number of ketones is 1. The summed E-state index contributed by atoms with van der Waals surface area (Å²) in [5, 5.41) is 19.7. The van der Waals surface area contributed by atoms with Gasteiger partial charge in [0.25, 0.3) is 0 Å². The first-order chi connectivity index (χ1) is 11.1. The number of carbonyl (C=O) groups is 1. The number of rotatable bonds is 2. The average Bonchev–Trinajstić information content (AvgIpc) is 2.91. The lowest BCUT2D eigenvalue weighted by atomic mass is 9.54. The van der Waals surface area contributed by atoms with E-state index in [9.17, 15) is 15.0 Å². The highest BCUT2D eigenvalue weighted by molar-refractivity contribution is 5.83. The standard InChI is InChI=1S/C20H26O3/c1-20-10-9-14-13(15(20)7-8-16(20)18(23)11-21)6-5-12-3-2-4-17(22)19(12)14/h2-4,13-16,21-22H,5-11H2,1H3/t13-,14+,15+,16?,20+/m1/s1. The van der Waals surface area contributed by atoms with Crippen molar-refractivity contribution < 1.29 is 15.0 Å². The molecule has 124 valence electrons. The van der Waals surface area contributed by atoms with E-state index in [1.807, 2.05) is 12.1 Å². The molecular weight excluding hydrogens is 288 g/mol. The Labute approximate surface area is 137 Å². The maximum absolute atomic E-state index is 12.2. The van der Waals surface area contributed by atoms with E-state index in [4.69, 9.17) is 0 Å². The molecule has 1 unspecified atom stereocenters. The van der Waals surface area contributed by atoms with Gasteiger partial charge in [-0.2, -0.15) is 0 Å². The number of phenols is 1. The maximum Gasteiger partial charge on any atom is 0.161 e. The summed E-state index contributed by atoms with van der Waals surface area (Å²) >= 11 is 0. The molecule has 3 aliphatic carbocycles. The Hall–Kier alpha value is -1.35. The number of aliphatic hydroxyl groups is 1. The Balaban J connectivity index is 1.69. The van der Waals surface area contributed by atoms with Crippen LogP contribution in [0.4, 0.5) is 0 Å². The summed E-state index contributed by atoms with van der Waals surface area (Å²) in [4.78, 5) is 12.2. The molecule has 23 heavy (non-hydrogen) atoms. The van der Waals surface area contributed by atoms with Crippen LogP contribution in [0.5, 0.6) is 5.75 Å². The zero-order valence-electron chi connectivity index (χ0n) is 13.8. The van der Waals surface area contributed by atoms with Crippen molar-refractivity contribution in [3.8, 4) is 5.75 Å². The quantitative estimate of drug-likeness (QED) is 0.879. The Kier molecular flexibility index (Phi) is 3.53. The van der Waals surface area contributed by atoms with E-state index in [1.165, 1.54) is 17.5 Å². The minimum absolute atomic E-state index is 0.0317. The van der Waals surface area contributed by atoms with Gasteiger partial charge in [-0.3, -0.25) is 4.79 Å². The number of aryl methyl sites for hydroxylation is 1. The van der Waals surface area contributed by atoms with E-state index in [1.54, 1.807) is 0 Å². The molecule has 1 aromatic carbocycles. The smallest absolute Gasteiger partial charge is 0.161 e. The van der Waals surface area contributed by atoms with Gasteiger partial charge >= 0.3 is 0 Å². The summed E-state index contributed by atoms with van der Waals surface area (Å²) in [7, 11) is 0. The number of hydrogen-bond donors (Lipinski definition) is 2. The molecule has 4 rings (SSSR count). The van der Waals surface area contributed by atoms with Crippen LogP contribution < -0.4 is 0 Å². The molecule has 0 bridgehead atoms. The third-order valence-corrected chi connectivity index (χ3v) is 7.27. The summed E-state index contributed by atoms with van der Waals surface area (Å²) in [5.74, 6) is 2.10. The molecule has 3 aliphatic rings. The highest BCUT2D eigenvalue weighted by Crippen LogP contribution is 2.63. The van der Waals surface area contributed by atoms with Gasteiger partial charge < -0.3 is 10.2 Å². The van der Waals surface area contributed by atoms with Crippen molar-refractivity contribution >= 4 is 5.78 Å². The van der Waals surface area contributed by atoms with Gasteiger partial charge in [-0.15, -0.1) is 0 Å². The normalized spacial score (nSPS) is 38.5. The van der Waals surface area contributed by atoms with E-state index in [0.29, 0.717) is 23.5 Å². The summed E-state index contributed by atoms with van der Waals surface area (Å²) in [6, 6.07) is 5.93. The van der Waals surface area contributed by atoms with E-state index in [2.05, 4.69) is 13.0 Å². The number of benzene rings is 1. The van der Waals surface area contributed by atoms with Gasteiger partial charge in [-0.1, -0.05) is 19.1 Å². The lowest BCUT2D eigenvalue weighted by Gasteiger charge is -2.50. The van der Waals surface area contributed by atoms with Gasteiger partial charge in [-0.05, 0) is 73.3 Å². The van der Waals surface area contributed by atoms with Crippen LogP contribution in [-0.2, 0) is 11.2 Å². The van der Waals surface area contributed by atoms with Crippen molar-refractivity contribution in [3.05, 3.63) is 29.3 Å². The van der Waals surface area contributed by atoms with Gasteiger partial charge in [0.05, 0.1) is 0 Å². The van der Waals surface area contributed by atoms with Crippen molar-refractivity contribution in [2.24, 2.45) is 23.2 Å². The van der Waals surface area contributed by atoms with Gasteiger partial charge in [0.2, 0.25) is 0 Å². The minimum Gasteiger partial charge on any atom is -0.508 e. The predicted octanol–water partition coefficient (Wildman–Crippen LogP) is 3.43. The van der Waals surface area contributed by atoms with Crippen LogP contribution in [-0.4, -0.2) is 22.6 Å². The molecule has 0 aliphatic heterocycles. The second-order valence-electron chi connectivity index (χ2n) is 8.06. The average molecular weight is 314 g/mol. The van der Waals surface area contributed by atoms with E-state index in [-0.39, 0.29) is 23.7 Å². The van der Waals surface area contributed by atoms with Crippen LogP contribution >= 0.6 is 0 Å². The lowest BCUT2D eigenvalue weighted by molar-refractivity contribution is -0.130. The highest BCUT2D eigenvalue weighted by atomic mass is 16.3. The maximum atomic E-state index is 12.2. The Morgan fingerprint density at radius 2 is 2.09 bits per heavy atom. The zero-order chi connectivity index (χ0) is 16.2. The first-order valence-corrected chi connectivity index (χ1v) is 9.00. The molecule has 3 nitrogen and oxygen atoms in total. The van der Waals surface area contributed by atoms with Crippen molar-refractivity contribution in [1.29, 1.82) is 0 Å². The summed E-state index contributed by atoms with van der Waals surface area (Å²) in [5.41, 5.74) is 2.54. The van der Waals surface area contributed by atoms with Gasteiger partial charge in [0, 0.05) is 11.5 Å². The first kappa shape index (κ1) is 15.2. The highest BCUT2D eigenvalue weighted by Gasteiger charge is 2.56. The van der Waals surface area contributed by atoms with Crippen molar-refractivity contribution in [2.75, 3.05) is 6.61 Å². The minimum atomic E-state index is -0.315. The molecule has 5 atom stereocenters. The number of Topliss-reactive ketones (excluding diaryl/α,β-unsaturated/α-hetero) is 1. The number of phenolic OH excluding ortho intramolecular Hbond substituents is 1. The first-order valence-electron chi connectivity index (χ1n) is 9.00. The molecule has 0 spiro atoms. The summed E-state index contributed by atoms with van der Waals surface area (Å²) in [6.45, 7) is 1.96. The Bertz CT molecular complexity index is 638. The monoisotopic (exact) mass is 314 g/mol. The molecule has 2 fully saturated rings. The van der Waals surface area contributed by atoms with Crippen molar-refractivity contribution in [1.82, 2.24) is 0 Å². The third-order valence-electron chi connectivity index (χ3n) is 7.27. The molecule has 0 radical (unpaired) electrons. The Morgan fingerprint density at radius 1 is 1.26 bits per heavy atom. The SMILES string of the molecule is C[C@]12CC[C@@H]3c4c(O)cccc4CC[C@H]3[C@@H]1CCC2C(=O)CO. The molecule has 2 saturated carbocycles. The van der Waals surface area contributed by atoms with Gasteiger partial charge in [0.1, 0.15) is 12.4 Å². The molecule has 2 N–H and O–H groups in total. The summed E-state index contributed by atoms with van der Waals surface area (Å²) in [6.07, 6.45) is 6.31. The molecule has 0 aromatic heterocycles. The fourth-order valence-corrected chi connectivity index (χ4v) is 6.26. The number of carbonyl (C=O) groups excluding carboxylic acids is 1. The molecule has 0 saturated heterocycles. The second kappa shape index (κ2) is 5.34. The topological polar surface area (TPSA) is 57.5 Å². The van der Waals surface area contributed by atoms with Crippen LogP contribution in [0.15, 0.2) is 18.2 Å². The van der Waals surface area contributed by atoms with Crippen LogP contribution in [0.3, 0.4) is 0 Å². The van der Waals surface area contributed by atoms with E-state index < -0.39 is 0 Å². The molecular formula is C20H26O3. The third kappa shape index (κ3) is 2.09. The number of hydrogen-bond acceptors (Lipinski definition) is 3. The lowest BCUT2D eigenvalue weighted by Crippen LogP contribution is -2.44. The molecule has 0 amide bonds. The zero-order valence-corrected chi connectivity index (χ0v) is 13.8. The van der Waals surface area contributed by atoms with E-state index in [0.717, 1.165) is 32.1 Å². The number of aliphatic hydroxyl groups excluding tert-OH is 1. The van der Waals surface area contributed by atoms with Crippen molar-refractivity contribution in [3.63, 3.8) is 0 Å². The second-order valence-corrected chi connectivity index (χ2v) is 8.06. The van der Waals surface area contributed by atoms with Crippen LogP contribution in [0.25, 0.3) is 0 Å². The largest absolute Gasteiger partial charge is 0.508 e. The number of aromatic hydroxyl groups is 1. The van der Waals surface area contributed by atoms with Gasteiger partial charge in [-0.25, -0.2) is 0 Å². The van der Waals surface area contributed by atoms with Crippen LogP contribution in [0.1, 0.15) is 56.1 Å². The van der Waals surface area contributed by atoms with Crippen molar-refractivity contribution in [2.45, 2.75) is 51.4 Å². The predicted molar refractivity (Wildman–Crippen MR) is 88.3 cm³/mol. The fourth-order valence-electron chi connectivity index (χ4n) is 6.26. The molecule has 1 aromatic rings.